The summed E-state index contributed by atoms with van der Waals surface area (Å²) in [6, 6.07) is 0. The zero-order chi connectivity index (χ0) is 6.24. The van der Waals surface area contributed by atoms with Crippen molar-refractivity contribution in [2.24, 2.45) is 0 Å². The standard InChI is InChI=1S/C5H10ClNO.ClH/c6-2-5-8-4-1-3-7;/h3,7H,1-2,4-5H2;1H. The molecule has 0 saturated carbocycles. The lowest BCUT2D eigenvalue weighted by molar-refractivity contribution is 0.157. The molecule has 0 aromatic rings. The number of halogens is 2. The second-order valence-electron chi connectivity index (χ2n) is 1.29. The highest BCUT2D eigenvalue weighted by Gasteiger charge is 1.81. The highest BCUT2D eigenvalue weighted by Crippen LogP contribution is 1.80. The van der Waals surface area contributed by atoms with Gasteiger partial charge >= 0.3 is 0 Å². The quantitative estimate of drug-likeness (QED) is 0.382. The summed E-state index contributed by atoms with van der Waals surface area (Å²) in [5, 5.41) is 6.60. The van der Waals surface area contributed by atoms with E-state index in [0.29, 0.717) is 25.5 Å². The van der Waals surface area contributed by atoms with Gasteiger partial charge in [0.1, 0.15) is 0 Å². The Hall–Kier alpha value is 0.210. The van der Waals surface area contributed by atoms with E-state index in [1.165, 1.54) is 6.21 Å². The lowest BCUT2D eigenvalue weighted by Gasteiger charge is -1.94. The zero-order valence-corrected chi connectivity index (χ0v) is 6.67. The Morgan fingerprint density at radius 1 is 1.44 bits per heavy atom. The molecule has 1 N–H and O–H groups in total. The van der Waals surface area contributed by atoms with Gasteiger partial charge in [-0.3, -0.25) is 0 Å². The molecule has 0 bridgehead atoms. The number of hydrogen-bond acceptors (Lipinski definition) is 2. The molecule has 0 amide bonds. The predicted molar refractivity (Wildman–Crippen MR) is 42.2 cm³/mol. The van der Waals surface area contributed by atoms with Crippen LogP contribution in [0.4, 0.5) is 0 Å². The van der Waals surface area contributed by atoms with E-state index >= 15 is 0 Å². The molecule has 0 atom stereocenters. The molecule has 0 saturated heterocycles. The van der Waals surface area contributed by atoms with Gasteiger partial charge < -0.3 is 10.1 Å². The zero-order valence-electron chi connectivity index (χ0n) is 5.10. The molecule has 0 rings (SSSR count). The smallest absolute Gasteiger partial charge is 0.0601 e. The third-order valence-corrected chi connectivity index (χ3v) is 0.782. The van der Waals surface area contributed by atoms with Crippen LogP contribution in [-0.4, -0.2) is 25.3 Å². The molecule has 0 fully saturated rings. The first-order valence-corrected chi connectivity index (χ1v) is 3.08. The van der Waals surface area contributed by atoms with E-state index < -0.39 is 0 Å². The molecular formula is C5H11Cl2NO. The third-order valence-electron chi connectivity index (χ3n) is 0.628. The maximum atomic E-state index is 6.60. The van der Waals surface area contributed by atoms with Crippen LogP contribution in [0, 0.1) is 5.41 Å². The van der Waals surface area contributed by atoms with Gasteiger partial charge in [-0.25, -0.2) is 0 Å². The summed E-state index contributed by atoms with van der Waals surface area (Å²) in [4.78, 5) is 0. The van der Waals surface area contributed by atoms with Crippen LogP contribution in [0.3, 0.4) is 0 Å². The summed E-state index contributed by atoms with van der Waals surface area (Å²) in [6.07, 6.45) is 2.02. The van der Waals surface area contributed by atoms with E-state index in [-0.39, 0.29) is 12.4 Å². The first-order chi connectivity index (χ1) is 3.91. The average molecular weight is 172 g/mol. The van der Waals surface area contributed by atoms with E-state index in [1.54, 1.807) is 0 Å². The molecule has 9 heavy (non-hydrogen) atoms. The number of rotatable bonds is 5. The maximum Gasteiger partial charge on any atom is 0.0601 e. The van der Waals surface area contributed by atoms with Crippen LogP contribution in [0.15, 0.2) is 0 Å². The molecule has 0 aromatic heterocycles. The van der Waals surface area contributed by atoms with Crippen LogP contribution in [0.2, 0.25) is 0 Å². The second-order valence-corrected chi connectivity index (χ2v) is 1.67. The topological polar surface area (TPSA) is 33.1 Å². The Morgan fingerprint density at radius 2 is 2.11 bits per heavy atom. The van der Waals surface area contributed by atoms with E-state index in [0.717, 1.165) is 0 Å². The molecular weight excluding hydrogens is 161 g/mol. The summed E-state index contributed by atoms with van der Waals surface area (Å²) >= 11 is 5.30. The molecule has 0 radical (unpaired) electrons. The van der Waals surface area contributed by atoms with Crippen LogP contribution in [0.25, 0.3) is 0 Å². The molecule has 0 aliphatic heterocycles. The Labute approximate surface area is 66.5 Å². The van der Waals surface area contributed by atoms with Crippen molar-refractivity contribution in [1.82, 2.24) is 0 Å². The fourth-order valence-corrected chi connectivity index (χ4v) is 0.408. The molecule has 0 spiro atoms. The lowest BCUT2D eigenvalue weighted by atomic mass is 10.5. The van der Waals surface area contributed by atoms with Crippen molar-refractivity contribution in [3.05, 3.63) is 0 Å². The van der Waals surface area contributed by atoms with Crippen LogP contribution < -0.4 is 0 Å². The van der Waals surface area contributed by atoms with Gasteiger partial charge in [-0.2, -0.15) is 0 Å². The fraction of sp³-hybridized carbons (Fsp3) is 0.800. The Bertz CT molecular complexity index is 60.9. The van der Waals surface area contributed by atoms with E-state index in [4.69, 9.17) is 21.7 Å². The van der Waals surface area contributed by atoms with E-state index in [2.05, 4.69) is 0 Å². The van der Waals surface area contributed by atoms with Gasteiger partial charge in [0, 0.05) is 12.3 Å². The lowest BCUT2D eigenvalue weighted by Crippen LogP contribution is -1.97. The first-order valence-electron chi connectivity index (χ1n) is 2.54. The van der Waals surface area contributed by atoms with Crippen molar-refractivity contribution >= 4 is 30.2 Å². The van der Waals surface area contributed by atoms with Crippen molar-refractivity contribution < 1.29 is 4.74 Å². The van der Waals surface area contributed by atoms with Gasteiger partial charge in [0.05, 0.1) is 13.2 Å². The van der Waals surface area contributed by atoms with Crippen LogP contribution in [0.1, 0.15) is 6.42 Å². The summed E-state index contributed by atoms with van der Waals surface area (Å²) in [5.74, 6) is 0.540. The monoisotopic (exact) mass is 171 g/mol. The summed E-state index contributed by atoms with van der Waals surface area (Å²) < 4.78 is 4.94. The molecule has 56 valence electrons. The summed E-state index contributed by atoms with van der Waals surface area (Å²) in [5.41, 5.74) is 0. The molecule has 0 aromatic carbocycles. The SMILES string of the molecule is Cl.N=CCCOCCCl. The van der Waals surface area contributed by atoms with E-state index in [1.807, 2.05) is 0 Å². The van der Waals surface area contributed by atoms with Gasteiger partial charge in [-0.1, -0.05) is 0 Å². The molecule has 0 unspecified atom stereocenters. The number of hydrogen-bond donors (Lipinski definition) is 1. The Balaban J connectivity index is 0. The fourth-order valence-electron chi connectivity index (χ4n) is 0.299. The van der Waals surface area contributed by atoms with Crippen molar-refractivity contribution in [3.8, 4) is 0 Å². The first kappa shape index (κ1) is 11.9. The van der Waals surface area contributed by atoms with Crippen molar-refractivity contribution in [3.63, 3.8) is 0 Å². The molecule has 0 heterocycles. The minimum Gasteiger partial charge on any atom is -0.380 e. The largest absolute Gasteiger partial charge is 0.380 e. The van der Waals surface area contributed by atoms with Crippen LogP contribution in [0.5, 0.6) is 0 Å². The highest BCUT2D eigenvalue weighted by atomic mass is 35.5. The van der Waals surface area contributed by atoms with Crippen molar-refractivity contribution in [2.45, 2.75) is 6.42 Å². The Morgan fingerprint density at radius 3 is 2.56 bits per heavy atom. The highest BCUT2D eigenvalue weighted by molar-refractivity contribution is 6.17. The van der Waals surface area contributed by atoms with Gasteiger partial charge in [-0.05, 0) is 6.21 Å². The minimum atomic E-state index is 0. The maximum absolute atomic E-state index is 6.60. The molecule has 0 aliphatic carbocycles. The third kappa shape index (κ3) is 11.7. The predicted octanol–water partition coefficient (Wildman–Crippen LogP) is 1.70. The van der Waals surface area contributed by atoms with Gasteiger partial charge in [0.2, 0.25) is 0 Å². The number of ether oxygens (including phenoxy) is 1. The minimum absolute atomic E-state index is 0. The summed E-state index contributed by atoms with van der Waals surface area (Å²) in [7, 11) is 0. The van der Waals surface area contributed by atoms with Crippen molar-refractivity contribution in [1.29, 1.82) is 5.41 Å². The summed E-state index contributed by atoms with van der Waals surface area (Å²) in [6.45, 7) is 1.21. The number of nitrogens with one attached hydrogen (secondary N) is 1. The average Bonchev–Trinajstić information content (AvgIpc) is 1.81. The normalized spacial score (nSPS) is 8.11. The number of alkyl halides is 1. The second kappa shape index (κ2) is 11.1. The molecule has 0 aliphatic rings. The van der Waals surface area contributed by atoms with Gasteiger partial charge in [0.25, 0.3) is 0 Å². The molecule has 4 heteroatoms. The van der Waals surface area contributed by atoms with Crippen LogP contribution >= 0.6 is 24.0 Å². The molecule has 2 nitrogen and oxygen atoms in total. The Kier molecular flexibility index (Phi) is 14.7. The van der Waals surface area contributed by atoms with Gasteiger partial charge in [0.15, 0.2) is 0 Å². The van der Waals surface area contributed by atoms with Crippen LogP contribution in [-0.2, 0) is 4.74 Å². The van der Waals surface area contributed by atoms with E-state index in [9.17, 15) is 0 Å². The van der Waals surface area contributed by atoms with Crippen molar-refractivity contribution in [2.75, 3.05) is 19.1 Å². The van der Waals surface area contributed by atoms with Gasteiger partial charge in [-0.15, -0.1) is 24.0 Å².